The van der Waals surface area contributed by atoms with Crippen molar-refractivity contribution >= 4 is 18.4 Å². The maximum Gasteiger partial charge on any atom is 0.317 e. The quantitative estimate of drug-likeness (QED) is 0.901. The fourth-order valence-corrected chi connectivity index (χ4v) is 3.07. The molecule has 1 atom stereocenters. The SMILES string of the molecule is CC(c1ccccc1F)N1CCC(N(C)CC(=O)O)CC1.Cl. The number of halogens is 2. The van der Waals surface area contributed by atoms with Crippen molar-refractivity contribution in [1.29, 1.82) is 0 Å². The third-order valence-electron chi connectivity index (χ3n) is 4.41. The number of carbonyl (C=O) groups is 1. The lowest BCUT2D eigenvalue weighted by Crippen LogP contribution is -2.45. The molecule has 0 aromatic heterocycles. The van der Waals surface area contributed by atoms with Crippen LogP contribution in [0.5, 0.6) is 0 Å². The number of benzene rings is 1. The number of hydrogen-bond donors (Lipinski definition) is 1. The monoisotopic (exact) mass is 330 g/mol. The van der Waals surface area contributed by atoms with Gasteiger partial charge in [-0.3, -0.25) is 14.6 Å². The summed E-state index contributed by atoms with van der Waals surface area (Å²) in [6.45, 7) is 3.83. The Hall–Kier alpha value is -1.17. The highest BCUT2D eigenvalue weighted by molar-refractivity contribution is 5.85. The first-order chi connectivity index (χ1) is 9.99. The van der Waals surface area contributed by atoms with E-state index in [1.165, 1.54) is 6.07 Å². The van der Waals surface area contributed by atoms with Crippen LogP contribution in [0.1, 0.15) is 31.4 Å². The molecule has 1 fully saturated rings. The van der Waals surface area contributed by atoms with Gasteiger partial charge in [-0.2, -0.15) is 0 Å². The van der Waals surface area contributed by atoms with E-state index in [2.05, 4.69) is 4.90 Å². The van der Waals surface area contributed by atoms with Gasteiger partial charge in [0.15, 0.2) is 0 Å². The Balaban J connectivity index is 0.00000242. The van der Waals surface area contributed by atoms with E-state index in [0.717, 1.165) is 31.5 Å². The fraction of sp³-hybridized carbons (Fsp3) is 0.562. The minimum absolute atomic E-state index is 0. The molecule has 0 radical (unpaired) electrons. The largest absolute Gasteiger partial charge is 0.480 e. The van der Waals surface area contributed by atoms with Gasteiger partial charge in [-0.1, -0.05) is 18.2 Å². The second-order valence-electron chi connectivity index (χ2n) is 5.77. The second kappa shape index (κ2) is 8.46. The molecule has 4 nitrogen and oxygen atoms in total. The van der Waals surface area contributed by atoms with Gasteiger partial charge in [0.25, 0.3) is 0 Å². The third-order valence-corrected chi connectivity index (χ3v) is 4.41. The van der Waals surface area contributed by atoms with Gasteiger partial charge in [0.2, 0.25) is 0 Å². The lowest BCUT2D eigenvalue weighted by Gasteiger charge is -2.39. The molecule has 1 unspecified atom stereocenters. The van der Waals surface area contributed by atoms with E-state index in [0.29, 0.717) is 6.04 Å². The standard InChI is InChI=1S/C16H23FN2O2.ClH/c1-12(14-5-3-4-6-15(14)17)19-9-7-13(8-10-19)18(2)11-16(20)21;/h3-6,12-13H,7-11H2,1-2H3,(H,20,21);1H. The summed E-state index contributed by atoms with van der Waals surface area (Å²) >= 11 is 0. The molecular formula is C16H24ClFN2O2. The topological polar surface area (TPSA) is 43.8 Å². The molecule has 1 saturated heterocycles. The maximum atomic E-state index is 13.8. The summed E-state index contributed by atoms with van der Waals surface area (Å²) in [6, 6.07) is 7.25. The van der Waals surface area contributed by atoms with Crippen LogP contribution in [-0.4, -0.2) is 53.6 Å². The van der Waals surface area contributed by atoms with Crippen LogP contribution >= 0.6 is 12.4 Å². The van der Waals surface area contributed by atoms with Crippen molar-refractivity contribution in [3.05, 3.63) is 35.6 Å². The van der Waals surface area contributed by atoms with Gasteiger partial charge in [0, 0.05) is 30.7 Å². The molecule has 0 saturated carbocycles. The van der Waals surface area contributed by atoms with Crippen molar-refractivity contribution in [3.63, 3.8) is 0 Å². The lowest BCUT2D eigenvalue weighted by molar-refractivity contribution is -0.138. The summed E-state index contributed by atoms with van der Waals surface area (Å²) < 4.78 is 13.8. The molecular weight excluding hydrogens is 307 g/mol. The first-order valence-corrected chi connectivity index (χ1v) is 7.39. The van der Waals surface area contributed by atoms with Gasteiger partial charge in [0.05, 0.1) is 6.54 Å². The predicted molar refractivity (Wildman–Crippen MR) is 86.9 cm³/mol. The van der Waals surface area contributed by atoms with Crippen LogP contribution in [0, 0.1) is 5.82 Å². The van der Waals surface area contributed by atoms with E-state index in [4.69, 9.17) is 5.11 Å². The maximum absolute atomic E-state index is 13.8. The number of carboxylic acid groups (broad SMARTS) is 1. The molecule has 1 N–H and O–H groups in total. The van der Waals surface area contributed by atoms with Crippen molar-refractivity contribution < 1.29 is 14.3 Å². The van der Waals surface area contributed by atoms with E-state index in [9.17, 15) is 9.18 Å². The van der Waals surface area contributed by atoms with Crippen molar-refractivity contribution in [1.82, 2.24) is 9.80 Å². The zero-order valence-corrected chi connectivity index (χ0v) is 13.9. The smallest absolute Gasteiger partial charge is 0.317 e. The van der Waals surface area contributed by atoms with Crippen molar-refractivity contribution in [2.45, 2.75) is 31.8 Å². The molecule has 22 heavy (non-hydrogen) atoms. The second-order valence-corrected chi connectivity index (χ2v) is 5.77. The molecule has 1 aliphatic rings. The number of aliphatic carboxylic acids is 1. The Bertz CT molecular complexity index is 493. The van der Waals surface area contributed by atoms with Crippen LogP contribution in [0.25, 0.3) is 0 Å². The number of likely N-dealkylation sites (N-methyl/N-ethyl adjacent to an activating group) is 1. The minimum atomic E-state index is -0.792. The summed E-state index contributed by atoms with van der Waals surface area (Å²) in [7, 11) is 1.86. The molecule has 2 rings (SSSR count). The average molecular weight is 331 g/mol. The van der Waals surface area contributed by atoms with E-state index >= 15 is 0 Å². The summed E-state index contributed by atoms with van der Waals surface area (Å²) in [5, 5.41) is 8.84. The van der Waals surface area contributed by atoms with Crippen LogP contribution in [0.3, 0.4) is 0 Å². The van der Waals surface area contributed by atoms with E-state index in [-0.39, 0.29) is 30.8 Å². The fourth-order valence-electron chi connectivity index (χ4n) is 3.07. The van der Waals surface area contributed by atoms with Gasteiger partial charge >= 0.3 is 5.97 Å². The summed E-state index contributed by atoms with van der Waals surface area (Å²) in [6.07, 6.45) is 1.84. The highest BCUT2D eigenvalue weighted by Gasteiger charge is 2.27. The average Bonchev–Trinajstić information content (AvgIpc) is 2.46. The molecule has 0 bridgehead atoms. The van der Waals surface area contributed by atoms with Gasteiger partial charge in [-0.25, -0.2) is 4.39 Å². The molecule has 6 heteroatoms. The molecule has 0 amide bonds. The van der Waals surface area contributed by atoms with Crippen LogP contribution in [-0.2, 0) is 4.79 Å². The summed E-state index contributed by atoms with van der Waals surface area (Å²) in [5.41, 5.74) is 0.731. The summed E-state index contributed by atoms with van der Waals surface area (Å²) in [4.78, 5) is 14.9. The predicted octanol–water partition coefficient (Wildman–Crippen LogP) is 2.79. The molecule has 1 aromatic carbocycles. The normalized spacial score (nSPS) is 18.0. The number of hydrogen-bond acceptors (Lipinski definition) is 3. The molecule has 0 spiro atoms. The summed E-state index contributed by atoms with van der Waals surface area (Å²) in [5.74, 6) is -0.949. The van der Waals surface area contributed by atoms with E-state index in [1.54, 1.807) is 6.07 Å². The Morgan fingerprint density at radius 1 is 1.41 bits per heavy atom. The van der Waals surface area contributed by atoms with Crippen LogP contribution in [0.4, 0.5) is 4.39 Å². The zero-order chi connectivity index (χ0) is 15.4. The Labute approximate surface area is 137 Å². The Kier molecular flexibility index (Phi) is 7.26. The molecule has 1 aromatic rings. The van der Waals surface area contributed by atoms with Crippen LogP contribution < -0.4 is 0 Å². The minimum Gasteiger partial charge on any atom is -0.480 e. The third kappa shape index (κ3) is 4.66. The van der Waals surface area contributed by atoms with E-state index in [1.807, 2.05) is 31.0 Å². The number of carboxylic acids is 1. The first-order valence-electron chi connectivity index (χ1n) is 7.39. The number of likely N-dealkylation sites (tertiary alicyclic amines) is 1. The Morgan fingerprint density at radius 3 is 2.55 bits per heavy atom. The number of nitrogens with zero attached hydrogens (tertiary/aromatic N) is 2. The van der Waals surface area contributed by atoms with Gasteiger partial charge in [-0.05, 0) is 32.9 Å². The van der Waals surface area contributed by atoms with Gasteiger partial charge in [-0.15, -0.1) is 12.4 Å². The van der Waals surface area contributed by atoms with Crippen molar-refractivity contribution in [2.24, 2.45) is 0 Å². The van der Waals surface area contributed by atoms with Crippen LogP contribution in [0.2, 0.25) is 0 Å². The van der Waals surface area contributed by atoms with Gasteiger partial charge in [0.1, 0.15) is 5.82 Å². The number of rotatable bonds is 5. The van der Waals surface area contributed by atoms with Crippen molar-refractivity contribution in [2.75, 3.05) is 26.7 Å². The van der Waals surface area contributed by atoms with E-state index < -0.39 is 5.97 Å². The van der Waals surface area contributed by atoms with Crippen LogP contribution in [0.15, 0.2) is 24.3 Å². The molecule has 1 heterocycles. The lowest BCUT2D eigenvalue weighted by atomic mass is 9.99. The molecule has 1 aliphatic heterocycles. The highest BCUT2D eigenvalue weighted by Crippen LogP contribution is 2.27. The molecule has 0 aliphatic carbocycles. The first kappa shape index (κ1) is 18.9. The zero-order valence-electron chi connectivity index (χ0n) is 13.0. The number of piperidine rings is 1. The van der Waals surface area contributed by atoms with Gasteiger partial charge < -0.3 is 5.11 Å². The molecule has 124 valence electrons. The Morgan fingerprint density at radius 2 is 2.00 bits per heavy atom. The van der Waals surface area contributed by atoms with Crippen molar-refractivity contribution in [3.8, 4) is 0 Å². The highest BCUT2D eigenvalue weighted by atomic mass is 35.5.